The highest BCUT2D eigenvalue weighted by Gasteiger charge is 2.14. The van der Waals surface area contributed by atoms with Crippen LogP contribution in [-0.2, 0) is 11.3 Å². The van der Waals surface area contributed by atoms with Crippen LogP contribution in [0.3, 0.4) is 0 Å². The Kier molecular flexibility index (Phi) is 3.99. The van der Waals surface area contributed by atoms with Gasteiger partial charge in [0.2, 0.25) is 5.88 Å². The monoisotopic (exact) mass is 361 g/mol. The Morgan fingerprint density at radius 1 is 1.22 bits per heavy atom. The Hall–Kier alpha value is -3.48. The summed E-state index contributed by atoms with van der Waals surface area (Å²) in [6.45, 7) is 5.80. The molecule has 0 radical (unpaired) electrons. The average molecular weight is 361 g/mol. The summed E-state index contributed by atoms with van der Waals surface area (Å²) in [5, 5.41) is 18.8. The van der Waals surface area contributed by atoms with E-state index in [1.54, 1.807) is 4.57 Å². The van der Waals surface area contributed by atoms with E-state index in [0.717, 1.165) is 38.9 Å². The van der Waals surface area contributed by atoms with Crippen LogP contribution < -0.4 is 0 Å². The first kappa shape index (κ1) is 17.0. The molecule has 27 heavy (non-hydrogen) atoms. The van der Waals surface area contributed by atoms with Crippen LogP contribution >= 0.6 is 0 Å². The molecule has 4 aromatic rings. The van der Waals surface area contributed by atoms with E-state index in [4.69, 9.17) is 0 Å². The third-order valence-electron chi connectivity index (χ3n) is 4.60. The molecule has 7 nitrogen and oxygen atoms in total. The van der Waals surface area contributed by atoms with Crippen molar-refractivity contribution in [1.82, 2.24) is 14.5 Å². The van der Waals surface area contributed by atoms with Crippen LogP contribution in [0.4, 0.5) is 5.69 Å². The second kappa shape index (κ2) is 6.35. The molecule has 0 spiro atoms. The number of azo groups is 1. The number of amides is 1. The van der Waals surface area contributed by atoms with Gasteiger partial charge in [-0.05, 0) is 44.5 Å². The van der Waals surface area contributed by atoms with Gasteiger partial charge in [0.25, 0.3) is 5.91 Å². The lowest BCUT2D eigenvalue weighted by Gasteiger charge is -2.02. The number of carbonyl (C=O) groups excluding carboxylic acids is 1. The summed E-state index contributed by atoms with van der Waals surface area (Å²) < 4.78 is 1.81. The average Bonchev–Trinajstić information content (AvgIpc) is 3.10. The van der Waals surface area contributed by atoms with Crippen LogP contribution in [0.2, 0.25) is 0 Å². The van der Waals surface area contributed by atoms with Gasteiger partial charge in [0, 0.05) is 5.39 Å². The molecular weight excluding hydrogens is 342 g/mol. The van der Waals surface area contributed by atoms with Crippen molar-refractivity contribution in [3.8, 4) is 5.88 Å². The molecule has 0 aliphatic carbocycles. The van der Waals surface area contributed by atoms with Gasteiger partial charge in [-0.1, -0.05) is 23.8 Å². The van der Waals surface area contributed by atoms with E-state index in [2.05, 4.69) is 20.2 Å². The van der Waals surface area contributed by atoms with Crippen molar-refractivity contribution in [1.29, 1.82) is 0 Å². The first-order valence-electron chi connectivity index (χ1n) is 8.62. The topological polar surface area (TPSA) is 95.6 Å². The van der Waals surface area contributed by atoms with Crippen molar-refractivity contribution < 1.29 is 9.90 Å². The molecule has 136 valence electrons. The molecule has 0 saturated heterocycles. The van der Waals surface area contributed by atoms with Crippen LogP contribution in [-0.4, -0.2) is 25.5 Å². The number of para-hydroxylation sites is 2. The molecule has 0 atom stereocenters. The van der Waals surface area contributed by atoms with Gasteiger partial charge < -0.3 is 14.7 Å². The summed E-state index contributed by atoms with van der Waals surface area (Å²) in [6, 6.07) is 11.5. The quantitative estimate of drug-likeness (QED) is 0.527. The van der Waals surface area contributed by atoms with Crippen LogP contribution in [0, 0.1) is 20.8 Å². The van der Waals surface area contributed by atoms with Gasteiger partial charge in [0.05, 0.1) is 16.6 Å². The minimum Gasteiger partial charge on any atom is -0.493 e. The molecule has 0 saturated carbocycles. The van der Waals surface area contributed by atoms with Gasteiger partial charge in [-0.25, -0.2) is 4.98 Å². The highest BCUT2D eigenvalue weighted by Crippen LogP contribution is 2.37. The number of rotatable bonds is 3. The summed E-state index contributed by atoms with van der Waals surface area (Å²) >= 11 is 0. The largest absolute Gasteiger partial charge is 0.493 e. The van der Waals surface area contributed by atoms with Crippen LogP contribution in [0.25, 0.3) is 21.9 Å². The van der Waals surface area contributed by atoms with Crippen molar-refractivity contribution in [2.45, 2.75) is 27.3 Å². The number of hydrogen-bond acceptors (Lipinski definition) is 4. The van der Waals surface area contributed by atoms with Crippen molar-refractivity contribution >= 4 is 33.5 Å². The zero-order valence-electron chi connectivity index (χ0n) is 15.3. The number of aryl methyl sites for hydroxylation is 3. The maximum atomic E-state index is 12.4. The number of nitrogens with zero attached hydrogens (tertiary/aromatic N) is 4. The predicted molar refractivity (Wildman–Crippen MR) is 103 cm³/mol. The molecule has 2 N–H and O–H groups in total. The smallest absolute Gasteiger partial charge is 0.284 e. The molecule has 1 amide bonds. The van der Waals surface area contributed by atoms with E-state index >= 15 is 0 Å². The lowest BCUT2D eigenvalue weighted by atomic mass is 10.1. The number of benzene rings is 2. The third-order valence-corrected chi connectivity index (χ3v) is 4.60. The molecule has 0 fully saturated rings. The van der Waals surface area contributed by atoms with Crippen LogP contribution in [0.15, 0.2) is 46.6 Å². The number of H-pyrrole nitrogens is 1. The molecule has 2 aromatic carbocycles. The fourth-order valence-corrected chi connectivity index (χ4v) is 3.39. The van der Waals surface area contributed by atoms with Gasteiger partial charge in [0.1, 0.15) is 12.4 Å². The number of aromatic amines is 1. The number of aromatic hydroxyl groups is 1. The second-order valence-electron chi connectivity index (χ2n) is 6.65. The van der Waals surface area contributed by atoms with Gasteiger partial charge in [0.15, 0.2) is 5.69 Å². The van der Waals surface area contributed by atoms with Crippen LogP contribution in [0.1, 0.15) is 17.0 Å². The van der Waals surface area contributed by atoms with E-state index in [1.165, 1.54) is 0 Å². The maximum Gasteiger partial charge on any atom is 0.284 e. The Balaban J connectivity index is 1.65. The number of aromatic nitrogens is 3. The normalized spacial score (nSPS) is 11.8. The third kappa shape index (κ3) is 2.97. The Morgan fingerprint density at radius 3 is 2.81 bits per heavy atom. The lowest BCUT2D eigenvalue weighted by Crippen LogP contribution is -2.08. The summed E-state index contributed by atoms with van der Waals surface area (Å²) in [7, 11) is 0. The molecule has 0 bridgehead atoms. The van der Waals surface area contributed by atoms with Crippen molar-refractivity contribution in [2.24, 2.45) is 10.2 Å². The van der Waals surface area contributed by atoms with E-state index in [1.807, 2.05) is 57.2 Å². The SMILES string of the molecule is Cc1cc(C)c2[nH]c(O)c(N=NC(=O)Cn3c(C)nc4ccccc43)c2c1. The molecule has 7 heteroatoms. The van der Waals surface area contributed by atoms with Crippen molar-refractivity contribution in [3.05, 3.63) is 53.3 Å². The molecular formula is C20H19N5O2. The minimum atomic E-state index is -0.417. The Morgan fingerprint density at radius 2 is 2.00 bits per heavy atom. The zero-order chi connectivity index (χ0) is 19.1. The number of nitrogens with one attached hydrogen (secondary N) is 1. The predicted octanol–water partition coefficient (Wildman–Crippen LogP) is 4.46. The molecule has 0 aliphatic heterocycles. The molecule has 0 aliphatic rings. The van der Waals surface area contributed by atoms with Gasteiger partial charge in [-0.2, -0.15) is 0 Å². The maximum absolute atomic E-state index is 12.4. The van der Waals surface area contributed by atoms with Gasteiger partial charge in [-0.3, -0.25) is 4.79 Å². The van der Waals surface area contributed by atoms with Gasteiger partial charge >= 0.3 is 0 Å². The van der Waals surface area contributed by atoms with Gasteiger partial charge in [-0.15, -0.1) is 10.2 Å². The van der Waals surface area contributed by atoms with Crippen LogP contribution in [0.5, 0.6) is 5.88 Å². The van der Waals surface area contributed by atoms with E-state index in [9.17, 15) is 9.90 Å². The number of carbonyl (C=O) groups is 1. The molecule has 2 heterocycles. The summed E-state index contributed by atoms with van der Waals surface area (Å²) in [6.07, 6.45) is 0. The van der Waals surface area contributed by atoms with Crippen molar-refractivity contribution in [3.63, 3.8) is 0 Å². The summed E-state index contributed by atoms with van der Waals surface area (Å²) in [5.41, 5.74) is 4.81. The van der Waals surface area contributed by atoms with E-state index < -0.39 is 5.91 Å². The highest BCUT2D eigenvalue weighted by molar-refractivity contribution is 5.96. The second-order valence-corrected chi connectivity index (χ2v) is 6.65. The number of fused-ring (bicyclic) bond motifs is 2. The summed E-state index contributed by atoms with van der Waals surface area (Å²) in [5.74, 6) is 0.222. The summed E-state index contributed by atoms with van der Waals surface area (Å²) in [4.78, 5) is 19.7. The first-order chi connectivity index (χ1) is 12.9. The zero-order valence-corrected chi connectivity index (χ0v) is 15.3. The van der Waals surface area contributed by atoms with E-state index in [-0.39, 0.29) is 18.1 Å². The Bertz CT molecular complexity index is 1220. The highest BCUT2D eigenvalue weighted by atomic mass is 16.3. The van der Waals surface area contributed by atoms with Crippen molar-refractivity contribution in [2.75, 3.05) is 0 Å². The first-order valence-corrected chi connectivity index (χ1v) is 8.62. The Labute approximate surface area is 155 Å². The standard InChI is InChI=1S/C20H19N5O2/c1-11-8-12(2)18-14(9-11)19(20(27)22-18)24-23-17(26)10-25-13(3)21-15-6-4-5-7-16(15)25/h4-9,22,27H,10H2,1-3H3. The lowest BCUT2D eigenvalue weighted by molar-refractivity contribution is -0.118. The number of imidazole rings is 1. The molecule has 0 unspecified atom stereocenters. The number of hydrogen-bond donors (Lipinski definition) is 2. The fraction of sp³-hybridized carbons (Fsp3) is 0.200. The molecule has 2 aromatic heterocycles. The fourth-order valence-electron chi connectivity index (χ4n) is 3.39. The minimum absolute atomic E-state index is 0.0387. The van der Waals surface area contributed by atoms with E-state index in [0.29, 0.717) is 0 Å². The molecule has 4 rings (SSSR count).